The van der Waals surface area contributed by atoms with Crippen LogP contribution in [0, 0.1) is 6.92 Å². The predicted octanol–water partition coefficient (Wildman–Crippen LogP) is 3.28. The lowest BCUT2D eigenvalue weighted by molar-refractivity contribution is -0.135. The number of likely N-dealkylation sites (N-methyl/N-ethyl adjacent to an activating group) is 1. The molecule has 6 nitrogen and oxygen atoms in total. The molecule has 0 saturated carbocycles. The normalized spacial score (nSPS) is 19.9. The van der Waals surface area contributed by atoms with E-state index in [1.807, 2.05) is 18.2 Å². The number of methoxy groups -OCH3 is 1. The van der Waals surface area contributed by atoms with Gasteiger partial charge in [-0.05, 0) is 38.1 Å². The Balaban J connectivity index is 1.54. The fraction of sp³-hybridized carbons (Fsp3) is 0.391. The third kappa shape index (κ3) is 3.98. The SMILES string of the molecule is COC(=O)C1=CC(c2[nH]nc(-c3ccc(N4CCN(C)CC4)cc3)c2C)CC=C1. The summed E-state index contributed by atoms with van der Waals surface area (Å²) in [7, 11) is 3.58. The molecule has 29 heavy (non-hydrogen) atoms. The molecule has 1 aromatic heterocycles. The number of H-pyrrole nitrogens is 1. The van der Waals surface area contributed by atoms with E-state index in [1.165, 1.54) is 12.8 Å². The van der Waals surface area contributed by atoms with Crippen molar-refractivity contribution in [2.45, 2.75) is 19.3 Å². The minimum absolute atomic E-state index is 0.0972. The van der Waals surface area contributed by atoms with Crippen LogP contribution in [0.25, 0.3) is 11.3 Å². The summed E-state index contributed by atoms with van der Waals surface area (Å²) in [4.78, 5) is 16.7. The van der Waals surface area contributed by atoms with Crippen molar-refractivity contribution in [3.63, 3.8) is 0 Å². The van der Waals surface area contributed by atoms with Gasteiger partial charge in [0, 0.05) is 49.0 Å². The van der Waals surface area contributed by atoms with Crippen LogP contribution in [-0.2, 0) is 9.53 Å². The van der Waals surface area contributed by atoms with Crippen LogP contribution in [0.15, 0.2) is 48.1 Å². The second kappa shape index (κ2) is 8.25. The molecule has 1 aromatic carbocycles. The number of carbonyl (C=O) groups is 1. The van der Waals surface area contributed by atoms with E-state index in [0.29, 0.717) is 5.57 Å². The van der Waals surface area contributed by atoms with Crippen molar-refractivity contribution < 1.29 is 9.53 Å². The molecule has 4 rings (SSSR count). The molecule has 1 aliphatic carbocycles. The number of benzene rings is 1. The Morgan fingerprint density at radius 3 is 2.59 bits per heavy atom. The van der Waals surface area contributed by atoms with Gasteiger partial charge in [0.25, 0.3) is 0 Å². The van der Waals surface area contributed by atoms with Gasteiger partial charge in [-0.2, -0.15) is 5.10 Å². The van der Waals surface area contributed by atoms with E-state index < -0.39 is 0 Å². The van der Waals surface area contributed by atoms with Gasteiger partial charge in [0.2, 0.25) is 0 Å². The summed E-state index contributed by atoms with van der Waals surface area (Å²) < 4.78 is 4.85. The Hall–Kier alpha value is -2.86. The summed E-state index contributed by atoms with van der Waals surface area (Å²) in [6, 6.07) is 8.67. The number of nitrogens with one attached hydrogen (secondary N) is 1. The molecule has 152 valence electrons. The zero-order valence-corrected chi connectivity index (χ0v) is 17.3. The summed E-state index contributed by atoms with van der Waals surface area (Å²) in [5.74, 6) is -0.206. The fourth-order valence-corrected chi connectivity index (χ4v) is 4.09. The second-order valence-electron chi connectivity index (χ2n) is 7.81. The number of nitrogens with zero attached hydrogens (tertiary/aromatic N) is 3. The van der Waals surface area contributed by atoms with Crippen LogP contribution in [0.4, 0.5) is 5.69 Å². The third-order valence-corrected chi connectivity index (χ3v) is 5.92. The molecular weight excluding hydrogens is 364 g/mol. The fourth-order valence-electron chi connectivity index (χ4n) is 4.09. The van der Waals surface area contributed by atoms with Crippen LogP contribution in [0.2, 0.25) is 0 Å². The van der Waals surface area contributed by atoms with Gasteiger partial charge in [-0.25, -0.2) is 4.79 Å². The maximum atomic E-state index is 11.9. The highest BCUT2D eigenvalue weighted by Gasteiger charge is 2.22. The van der Waals surface area contributed by atoms with E-state index in [-0.39, 0.29) is 11.9 Å². The smallest absolute Gasteiger partial charge is 0.337 e. The monoisotopic (exact) mass is 392 g/mol. The first-order valence-electron chi connectivity index (χ1n) is 10.1. The van der Waals surface area contributed by atoms with Crippen LogP contribution in [0.5, 0.6) is 0 Å². The van der Waals surface area contributed by atoms with E-state index in [9.17, 15) is 4.79 Å². The molecule has 2 aromatic rings. The minimum Gasteiger partial charge on any atom is -0.465 e. The Bertz CT molecular complexity index is 934. The van der Waals surface area contributed by atoms with Crippen LogP contribution in [-0.4, -0.2) is 61.4 Å². The number of hydrogen-bond donors (Lipinski definition) is 1. The van der Waals surface area contributed by atoms with Crippen LogP contribution < -0.4 is 4.90 Å². The van der Waals surface area contributed by atoms with Crippen molar-refractivity contribution in [1.82, 2.24) is 15.1 Å². The number of rotatable bonds is 4. The number of aromatic amines is 1. The molecule has 1 atom stereocenters. The van der Waals surface area contributed by atoms with Crippen LogP contribution in [0.3, 0.4) is 0 Å². The zero-order valence-electron chi connectivity index (χ0n) is 17.3. The number of esters is 1. The van der Waals surface area contributed by atoms with E-state index in [1.54, 1.807) is 0 Å². The predicted molar refractivity (Wildman–Crippen MR) is 115 cm³/mol. The molecular formula is C23H28N4O2. The Morgan fingerprint density at radius 1 is 1.17 bits per heavy atom. The summed E-state index contributed by atoms with van der Waals surface area (Å²) in [5, 5.41) is 7.79. The first-order valence-corrected chi connectivity index (χ1v) is 10.1. The molecule has 0 radical (unpaired) electrons. The molecule has 0 bridgehead atoms. The summed E-state index contributed by atoms with van der Waals surface area (Å²) in [5.41, 5.74) is 6.10. The average molecular weight is 393 g/mol. The molecule has 6 heteroatoms. The highest BCUT2D eigenvalue weighted by atomic mass is 16.5. The summed E-state index contributed by atoms with van der Waals surface area (Å²) in [6.07, 6.45) is 6.64. The lowest BCUT2D eigenvalue weighted by Crippen LogP contribution is -2.44. The van der Waals surface area contributed by atoms with Crippen LogP contribution >= 0.6 is 0 Å². The van der Waals surface area contributed by atoms with Crippen molar-refractivity contribution in [2.24, 2.45) is 0 Å². The molecule has 0 amide bonds. The molecule has 1 unspecified atom stereocenters. The van der Waals surface area contributed by atoms with Crippen molar-refractivity contribution in [2.75, 3.05) is 45.2 Å². The first kappa shape index (κ1) is 19.5. The van der Waals surface area contributed by atoms with Gasteiger partial charge in [-0.15, -0.1) is 0 Å². The highest BCUT2D eigenvalue weighted by molar-refractivity contribution is 5.92. The van der Waals surface area contributed by atoms with Crippen molar-refractivity contribution in [3.8, 4) is 11.3 Å². The van der Waals surface area contributed by atoms with Gasteiger partial charge in [-0.1, -0.05) is 30.4 Å². The first-order chi connectivity index (χ1) is 14.1. The number of ether oxygens (including phenoxy) is 1. The Morgan fingerprint density at radius 2 is 1.90 bits per heavy atom. The lowest BCUT2D eigenvalue weighted by Gasteiger charge is -2.34. The Kier molecular flexibility index (Phi) is 5.53. The van der Waals surface area contributed by atoms with Gasteiger partial charge in [-0.3, -0.25) is 5.10 Å². The largest absolute Gasteiger partial charge is 0.465 e. The van der Waals surface area contributed by atoms with E-state index in [0.717, 1.165) is 55.1 Å². The van der Waals surface area contributed by atoms with Gasteiger partial charge >= 0.3 is 5.97 Å². The minimum atomic E-state index is -0.303. The molecule has 2 aliphatic rings. The zero-order chi connectivity index (χ0) is 20.4. The highest BCUT2D eigenvalue weighted by Crippen LogP contribution is 2.33. The second-order valence-corrected chi connectivity index (χ2v) is 7.81. The molecule has 2 heterocycles. The standard InChI is InChI=1S/C23H28N4O2/c1-16-21(17-7-9-20(10-8-17)27-13-11-26(2)12-14-27)24-25-22(16)18-5-4-6-19(15-18)23(28)29-3/h4,6-10,15,18H,5,11-14H2,1-3H3,(H,24,25). The number of carbonyl (C=O) groups excluding carboxylic acids is 1. The van der Waals surface area contributed by atoms with Gasteiger partial charge in [0.1, 0.15) is 0 Å². The maximum Gasteiger partial charge on any atom is 0.337 e. The van der Waals surface area contributed by atoms with Gasteiger partial charge < -0.3 is 14.5 Å². The number of piperazine rings is 1. The lowest BCUT2D eigenvalue weighted by atomic mass is 9.90. The number of allylic oxidation sites excluding steroid dienone is 2. The Labute approximate surface area is 171 Å². The van der Waals surface area contributed by atoms with E-state index in [2.05, 4.69) is 58.2 Å². The third-order valence-electron chi connectivity index (χ3n) is 5.92. The molecule has 1 N–H and O–H groups in total. The topological polar surface area (TPSA) is 61.5 Å². The van der Waals surface area contributed by atoms with Gasteiger partial charge in [0.05, 0.1) is 18.4 Å². The molecule has 1 fully saturated rings. The number of anilines is 1. The van der Waals surface area contributed by atoms with E-state index in [4.69, 9.17) is 4.74 Å². The number of hydrogen-bond acceptors (Lipinski definition) is 5. The quantitative estimate of drug-likeness (QED) is 0.809. The van der Waals surface area contributed by atoms with Crippen molar-refractivity contribution in [1.29, 1.82) is 0 Å². The molecule has 1 saturated heterocycles. The average Bonchev–Trinajstić information content (AvgIpc) is 3.15. The van der Waals surface area contributed by atoms with E-state index >= 15 is 0 Å². The van der Waals surface area contributed by atoms with Crippen molar-refractivity contribution >= 4 is 11.7 Å². The summed E-state index contributed by atoms with van der Waals surface area (Å²) in [6.45, 7) is 6.41. The summed E-state index contributed by atoms with van der Waals surface area (Å²) >= 11 is 0. The maximum absolute atomic E-state index is 11.9. The van der Waals surface area contributed by atoms with Crippen molar-refractivity contribution in [3.05, 3.63) is 59.3 Å². The van der Waals surface area contributed by atoms with Crippen LogP contribution in [0.1, 0.15) is 23.6 Å². The number of aromatic nitrogens is 2. The molecule has 0 spiro atoms. The molecule has 1 aliphatic heterocycles. The van der Waals surface area contributed by atoms with Gasteiger partial charge in [0.15, 0.2) is 0 Å².